The van der Waals surface area contributed by atoms with Crippen molar-refractivity contribution < 1.29 is 19.2 Å². The third-order valence-corrected chi connectivity index (χ3v) is 15.7. The van der Waals surface area contributed by atoms with Gasteiger partial charge in [-0.3, -0.25) is 9.59 Å². The second-order valence-electron chi connectivity index (χ2n) is 17.6. The fourth-order valence-electron chi connectivity index (χ4n) is 9.85. The maximum absolute atomic E-state index is 14.3. The number of urea groups is 2. The van der Waals surface area contributed by atoms with Crippen molar-refractivity contribution >= 4 is 46.6 Å². The van der Waals surface area contributed by atoms with E-state index >= 15 is 0 Å². The van der Waals surface area contributed by atoms with Crippen LogP contribution < -0.4 is 10.6 Å². The minimum atomic E-state index is -0.763. The van der Waals surface area contributed by atoms with Gasteiger partial charge in [0.1, 0.15) is 22.1 Å². The molecular formula is C52H54N8O4S2. The zero-order valence-corrected chi connectivity index (χ0v) is 38.5. The first-order chi connectivity index (χ1) is 32.4. The number of thiazole rings is 2. The fourth-order valence-corrected chi connectivity index (χ4v) is 12.0. The first-order valence-electron chi connectivity index (χ1n) is 23.3. The van der Waals surface area contributed by atoms with Gasteiger partial charge in [0.25, 0.3) is 0 Å². The van der Waals surface area contributed by atoms with Crippen LogP contribution in [0, 0.1) is 0 Å². The van der Waals surface area contributed by atoms with Crippen LogP contribution in [-0.2, 0) is 9.59 Å². The van der Waals surface area contributed by atoms with Gasteiger partial charge in [-0.2, -0.15) is 0 Å². The Kier molecular flexibility index (Phi) is 12.9. The van der Waals surface area contributed by atoms with E-state index < -0.39 is 12.1 Å². The summed E-state index contributed by atoms with van der Waals surface area (Å²) in [5, 5.41) is 7.96. The van der Waals surface area contributed by atoms with E-state index in [4.69, 9.17) is 9.97 Å². The molecule has 0 radical (unpaired) electrons. The Morgan fingerprint density at radius 3 is 1.21 bits per heavy atom. The topological polar surface area (TPSA) is 131 Å². The van der Waals surface area contributed by atoms with Crippen LogP contribution in [0.5, 0.6) is 0 Å². The lowest BCUT2D eigenvalue weighted by atomic mass is 10.0. The van der Waals surface area contributed by atoms with E-state index in [0.717, 1.165) is 105 Å². The number of amides is 6. The molecule has 2 aromatic heterocycles. The van der Waals surface area contributed by atoms with Gasteiger partial charge in [-0.05, 0) is 84.7 Å². The third-order valence-electron chi connectivity index (χ3n) is 13.4. The van der Waals surface area contributed by atoms with Crippen molar-refractivity contribution in [1.29, 1.82) is 0 Å². The van der Waals surface area contributed by atoms with Gasteiger partial charge in [0.2, 0.25) is 11.8 Å². The molecule has 6 heterocycles. The summed E-state index contributed by atoms with van der Waals surface area (Å²) in [6, 6.07) is 34.0. The first kappa shape index (κ1) is 43.5. The van der Waals surface area contributed by atoms with Crippen LogP contribution in [0.2, 0.25) is 0 Å². The molecule has 338 valence electrons. The number of carbonyl (C=O) groups excluding carboxylic acids is 4. The molecule has 0 saturated carbocycles. The predicted molar refractivity (Wildman–Crippen MR) is 259 cm³/mol. The van der Waals surface area contributed by atoms with Crippen molar-refractivity contribution in [1.82, 2.24) is 40.2 Å². The van der Waals surface area contributed by atoms with Crippen molar-refractivity contribution in [3.8, 4) is 32.0 Å². The van der Waals surface area contributed by atoms with Gasteiger partial charge in [-0.15, -0.1) is 22.7 Å². The third kappa shape index (κ3) is 9.21. The van der Waals surface area contributed by atoms with Crippen molar-refractivity contribution in [2.75, 3.05) is 39.3 Å². The Balaban J connectivity index is 0.793. The van der Waals surface area contributed by atoms with Gasteiger partial charge < -0.3 is 30.2 Å². The van der Waals surface area contributed by atoms with Gasteiger partial charge in [0.15, 0.2) is 0 Å². The highest BCUT2D eigenvalue weighted by Gasteiger charge is 2.39. The smallest absolute Gasteiger partial charge is 0.318 e. The maximum atomic E-state index is 14.3. The molecule has 6 aromatic rings. The van der Waals surface area contributed by atoms with Crippen molar-refractivity contribution in [3.05, 3.63) is 143 Å². The molecule has 0 aliphatic carbocycles. The average molecular weight is 919 g/mol. The van der Waals surface area contributed by atoms with E-state index in [0.29, 0.717) is 39.3 Å². The van der Waals surface area contributed by atoms with Crippen molar-refractivity contribution in [3.63, 3.8) is 0 Å². The molecule has 4 saturated heterocycles. The lowest BCUT2D eigenvalue weighted by Crippen LogP contribution is -2.46. The Morgan fingerprint density at radius 1 is 0.470 bits per heavy atom. The highest BCUT2D eigenvalue weighted by molar-refractivity contribution is 7.15. The summed E-state index contributed by atoms with van der Waals surface area (Å²) in [4.78, 5) is 74.2. The Labute approximate surface area is 393 Å². The van der Waals surface area contributed by atoms with Crippen LogP contribution in [0.25, 0.3) is 32.0 Å². The maximum Gasteiger partial charge on any atom is 0.318 e. The lowest BCUT2D eigenvalue weighted by molar-refractivity contribution is -0.135. The van der Waals surface area contributed by atoms with Crippen LogP contribution in [0.1, 0.15) is 96.7 Å². The average Bonchev–Trinajstić information content (AvgIpc) is 4.22. The number of likely N-dealkylation sites (tertiary alicyclic amines) is 4. The molecule has 0 spiro atoms. The minimum Gasteiger partial charge on any atom is -0.331 e. The summed E-state index contributed by atoms with van der Waals surface area (Å²) in [6.45, 7) is 4.09. The summed E-state index contributed by atoms with van der Waals surface area (Å²) in [6.07, 6.45) is 11.2. The minimum absolute atomic E-state index is 0.0975. The SMILES string of the molecule is O=C(N[C@@H](C(=O)N1CCC[C@H]1c1ncc(-c2ccc(-c3ccc(-c4cnc([C@@H]5CCCN5C(=O)[C@H](NC(=O)N5CCCC5)c5ccccc5)s4)cc3)cc2)s1)c1ccccc1)N1CCCC1. The van der Waals surface area contributed by atoms with E-state index in [-0.39, 0.29) is 36.0 Å². The monoisotopic (exact) mass is 918 g/mol. The highest BCUT2D eigenvalue weighted by Crippen LogP contribution is 2.41. The number of nitrogens with one attached hydrogen (secondary N) is 2. The van der Waals surface area contributed by atoms with Crippen LogP contribution in [-0.4, -0.2) is 92.7 Å². The van der Waals surface area contributed by atoms with Gasteiger partial charge in [-0.1, -0.05) is 109 Å². The second kappa shape index (κ2) is 19.6. The van der Waals surface area contributed by atoms with Crippen molar-refractivity contribution in [2.45, 2.75) is 75.5 Å². The molecule has 6 amide bonds. The molecule has 66 heavy (non-hydrogen) atoms. The summed E-state index contributed by atoms with van der Waals surface area (Å²) in [5.41, 5.74) is 5.89. The summed E-state index contributed by atoms with van der Waals surface area (Å²) < 4.78 is 0. The molecular weight excluding hydrogens is 865 g/mol. The zero-order valence-electron chi connectivity index (χ0n) is 36.9. The van der Waals surface area contributed by atoms with Gasteiger partial charge in [0.05, 0.1) is 21.8 Å². The number of aromatic nitrogens is 2. The van der Waals surface area contributed by atoms with Crippen LogP contribution in [0.15, 0.2) is 122 Å². The van der Waals surface area contributed by atoms with E-state index in [1.165, 1.54) is 0 Å². The van der Waals surface area contributed by atoms with Gasteiger partial charge in [-0.25, -0.2) is 19.6 Å². The van der Waals surface area contributed by atoms with Crippen molar-refractivity contribution in [2.24, 2.45) is 0 Å². The predicted octanol–water partition coefficient (Wildman–Crippen LogP) is 10.0. The molecule has 4 fully saturated rings. The number of rotatable bonds is 11. The Morgan fingerprint density at radius 2 is 0.833 bits per heavy atom. The normalized spacial score (nSPS) is 19.3. The van der Waals surface area contributed by atoms with Crippen LogP contribution >= 0.6 is 22.7 Å². The van der Waals surface area contributed by atoms with E-state index in [1.807, 2.05) is 82.9 Å². The lowest BCUT2D eigenvalue weighted by Gasteiger charge is -2.29. The molecule has 4 atom stereocenters. The first-order valence-corrected chi connectivity index (χ1v) is 25.0. The highest BCUT2D eigenvalue weighted by atomic mass is 32.1. The molecule has 4 aromatic carbocycles. The number of benzene rings is 4. The van der Waals surface area contributed by atoms with Crippen LogP contribution in [0.4, 0.5) is 9.59 Å². The Hall–Kier alpha value is -6.38. The number of hydrogen-bond acceptors (Lipinski definition) is 8. The number of nitrogens with zero attached hydrogens (tertiary/aromatic N) is 6. The Bertz CT molecular complexity index is 2460. The molecule has 12 nitrogen and oxygen atoms in total. The quantitative estimate of drug-likeness (QED) is 0.133. The van der Waals surface area contributed by atoms with Gasteiger partial charge >= 0.3 is 12.1 Å². The summed E-state index contributed by atoms with van der Waals surface area (Å²) in [7, 11) is 0. The van der Waals surface area contributed by atoms with Gasteiger partial charge in [0, 0.05) is 51.7 Å². The molecule has 0 bridgehead atoms. The molecule has 0 unspecified atom stereocenters. The summed E-state index contributed by atoms with van der Waals surface area (Å²) in [5.74, 6) is -0.195. The number of hydrogen-bond donors (Lipinski definition) is 2. The number of carbonyl (C=O) groups is 4. The molecule has 4 aliphatic heterocycles. The fraction of sp³-hybridized carbons (Fsp3) is 0.346. The molecule has 14 heteroatoms. The largest absolute Gasteiger partial charge is 0.331 e. The van der Waals surface area contributed by atoms with Crippen LogP contribution in [0.3, 0.4) is 0 Å². The van der Waals surface area contributed by atoms with E-state index in [1.54, 1.807) is 32.5 Å². The second-order valence-corrected chi connectivity index (χ2v) is 19.8. The molecule has 4 aliphatic rings. The standard InChI is InChI=1S/C52H54N8O4S2/c61-49(45(39-13-3-1-4-14-39)55-51(63)57-27-7-8-28-57)59-31-11-17-41(59)47-53-33-43(65-47)37-23-19-35(20-24-37)36-21-25-38(26-22-36)44-34-54-48(66-44)42-18-12-32-60(42)50(62)46(40-15-5-2-6-16-40)56-52(64)58-29-9-10-30-58/h1-6,13-16,19-26,33-34,41-42,45-46H,7-12,17-18,27-32H2,(H,55,63)(H,56,64)/t41-,42-,45+,46+/m0/s1. The van der Waals surface area contributed by atoms with E-state index in [2.05, 4.69) is 59.2 Å². The molecule has 2 N–H and O–H groups in total. The zero-order chi connectivity index (χ0) is 45.0. The van der Waals surface area contributed by atoms with E-state index in [9.17, 15) is 19.2 Å². The summed E-state index contributed by atoms with van der Waals surface area (Å²) >= 11 is 3.24. The molecule has 10 rings (SSSR count).